The number of likely N-dealkylation sites (tertiary alicyclic amines) is 1. The molecule has 0 N–H and O–H groups in total. The molecule has 0 amide bonds. The van der Waals surface area contributed by atoms with E-state index in [4.69, 9.17) is 9.47 Å². The Morgan fingerprint density at radius 2 is 2.00 bits per heavy atom. The molecule has 4 rings (SSSR count). The van der Waals surface area contributed by atoms with Crippen LogP contribution < -0.4 is 9.47 Å². The Morgan fingerprint density at radius 1 is 1.10 bits per heavy atom. The zero-order chi connectivity index (χ0) is 14.2. The van der Waals surface area contributed by atoms with Crippen molar-refractivity contribution in [2.24, 2.45) is 0 Å². The van der Waals surface area contributed by atoms with Gasteiger partial charge in [-0.05, 0) is 55.8 Å². The molecule has 0 saturated carbocycles. The second-order valence-electron chi connectivity index (χ2n) is 5.71. The number of hydrogen-bond donors (Lipinski definition) is 0. The predicted octanol–water partition coefficient (Wildman–Crippen LogP) is 3.24. The van der Waals surface area contributed by atoms with Gasteiger partial charge in [0.05, 0.1) is 0 Å². The Kier molecular flexibility index (Phi) is 3.04. The number of pyridine rings is 1. The van der Waals surface area contributed by atoms with E-state index in [-0.39, 0.29) is 0 Å². The van der Waals surface area contributed by atoms with Gasteiger partial charge in [0.25, 0.3) is 0 Å². The van der Waals surface area contributed by atoms with Crippen LogP contribution in [-0.4, -0.2) is 30.3 Å². The first-order valence-corrected chi connectivity index (χ1v) is 7.36. The summed E-state index contributed by atoms with van der Waals surface area (Å²) in [5.74, 6) is 1.63. The second-order valence-corrected chi connectivity index (χ2v) is 5.71. The van der Waals surface area contributed by atoms with Crippen molar-refractivity contribution in [3.05, 3.63) is 42.2 Å². The van der Waals surface area contributed by atoms with E-state index in [0.717, 1.165) is 22.6 Å². The number of aromatic nitrogens is 1. The predicted molar refractivity (Wildman–Crippen MR) is 80.4 cm³/mol. The fraction of sp³-hybridized carbons (Fsp3) is 0.353. The summed E-state index contributed by atoms with van der Waals surface area (Å²) in [6.45, 7) is 1.48. The molecule has 4 heteroatoms. The third-order valence-corrected chi connectivity index (χ3v) is 4.37. The smallest absolute Gasteiger partial charge is 0.231 e. The minimum absolute atomic E-state index is 0.309. The van der Waals surface area contributed by atoms with Crippen molar-refractivity contribution in [2.45, 2.75) is 18.9 Å². The number of hydrogen-bond acceptors (Lipinski definition) is 4. The highest BCUT2D eigenvalue weighted by Crippen LogP contribution is 2.37. The van der Waals surface area contributed by atoms with Crippen LogP contribution in [-0.2, 0) is 0 Å². The molecule has 0 aliphatic carbocycles. The number of benzene rings is 1. The van der Waals surface area contributed by atoms with Gasteiger partial charge >= 0.3 is 0 Å². The van der Waals surface area contributed by atoms with Gasteiger partial charge in [-0.1, -0.05) is 6.07 Å². The van der Waals surface area contributed by atoms with Crippen LogP contribution in [0.15, 0.2) is 36.7 Å². The molecule has 1 atom stereocenters. The highest BCUT2D eigenvalue weighted by atomic mass is 16.7. The van der Waals surface area contributed by atoms with Crippen molar-refractivity contribution >= 4 is 0 Å². The van der Waals surface area contributed by atoms with Crippen LogP contribution in [0.2, 0.25) is 0 Å². The molecule has 3 heterocycles. The lowest BCUT2D eigenvalue weighted by Crippen LogP contribution is -2.17. The Hall–Kier alpha value is -2.07. The summed E-state index contributed by atoms with van der Waals surface area (Å²) < 4.78 is 10.8. The quantitative estimate of drug-likeness (QED) is 0.847. The van der Waals surface area contributed by atoms with E-state index in [1.165, 1.54) is 24.9 Å². The standard InChI is InChI=1S/C17H18N2O2/c1-19-6-2-3-15(19)14-7-13(9-18-10-14)12-4-5-16-17(8-12)21-11-20-16/h4-5,7-10,15H,2-3,6,11H2,1H3. The van der Waals surface area contributed by atoms with Gasteiger partial charge in [0.2, 0.25) is 6.79 Å². The molecule has 0 bridgehead atoms. The van der Waals surface area contributed by atoms with Crippen LogP contribution in [0.5, 0.6) is 11.5 Å². The van der Waals surface area contributed by atoms with E-state index in [1.54, 1.807) is 0 Å². The topological polar surface area (TPSA) is 34.6 Å². The van der Waals surface area contributed by atoms with Gasteiger partial charge in [-0.2, -0.15) is 0 Å². The van der Waals surface area contributed by atoms with Crippen LogP contribution in [0.1, 0.15) is 24.4 Å². The first-order chi connectivity index (χ1) is 10.3. The maximum absolute atomic E-state index is 5.46. The third kappa shape index (κ3) is 2.25. The van der Waals surface area contributed by atoms with Crippen molar-refractivity contribution in [1.82, 2.24) is 9.88 Å². The molecular formula is C17H18N2O2. The molecule has 1 saturated heterocycles. The van der Waals surface area contributed by atoms with Crippen molar-refractivity contribution in [3.63, 3.8) is 0 Å². The molecule has 1 aromatic heterocycles. The average molecular weight is 282 g/mol. The summed E-state index contributed by atoms with van der Waals surface area (Å²) in [6.07, 6.45) is 6.37. The minimum atomic E-state index is 0.309. The summed E-state index contributed by atoms with van der Waals surface area (Å²) in [5.41, 5.74) is 3.55. The summed E-state index contributed by atoms with van der Waals surface area (Å²) in [4.78, 5) is 6.84. The first kappa shape index (κ1) is 12.7. The lowest BCUT2D eigenvalue weighted by Gasteiger charge is -2.20. The monoisotopic (exact) mass is 282 g/mol. The van der Waals surface area contributed by atoms with Crippen molar-refractivity contribution < 1.29 is 9.47 Å². The third-order valence-electron chi connectivity index (χ3n) is 4.37. The fourth-order valence-corrected chi connectivity index (χ4v) is 3.21. The minimum Gasteiger partial charge on any atom is -0.454 e. The van der Waals surface area contributed by atoms with Crippen molar-refractivity contribution in [3.8, 4) is 22.6 Å². The van der Waals surface area contributed by atoms with E-state index in [1.807, 2.05) is 24.5 Å². The molecule has 0 spiro atoms. The normalized spacial score (nSPS) is 20.9. The lowest BCUT2D eigenvalue weighted by molar-refractivity contribution is 0.174. The van der Waals surface area contributed by atoms with Crippen molar-refractivity contribution in [1.29, 1.82) is 0 Å². The molecule has 1 unspecified atom stereocenters. The van der Waals surface area contributed by atoms with Gasteiger partial charge in [-0.3, -0.25) is 9.88 Å². The number of rotatable bonds is 2. The molecule has 0 radical (unpaired) electrons. The van der Waals surface area contributed by atoms with Gasteiger partial charge in [0, 0.05) is 24.0 Å². The summed E-state index contributed by atoms with van der Waals surface area (Å²) in [5, 5.41) is 0. The molecular weight excluding hydrogens is 264 g/mol. The number of nitrogens with zero attached hydrogens (tertiary/aromatic N) is 2. The molecule has 1 fully saturated rings. The Labute approximate surface area is 124 Å². The zero-order valence-electron chi connectivity index (χ0n) is 12.1. The average Bonchev–Trinajstić information content (AvgIpc) is 3.15. The Balaban J connectivity index is 1.69. The highest BCUT2D eigenvalue weighted by Gasteiger charge is 2.23. The Bertz CT molecular complexity index is 672. The zero-order valence-corrected chi connectivity index (χ0v) is 12.1. The molecule has 21 heavy (non-hydrogen) atoms. The molecule has 108 valence electrons. The van der Waals surface area contributed by atoms with Gasteiger partial charge < -0.3 is 9.47 Å². The highest BCUT2D eigenvalue weighted by molar-refractivity contribution is 5.67. The second kappa shape index (κ2) is 5.04. The maximum atomic E-state index is 5.46. The summed E-state index contributed by atoms with van der Waals surface area (Å²) in [6, 6.07) is 8.79. The van der Waals surface area contributed by atoms with Crippen LogP contribution >= 0.6 is 0 Å². The van der Waals surface area contributed by atoms with E-state index < -0.39 is 0 Å². The van der Waals surface area contributed by atoms with Crippen LogP contribution in [0, 0.1) is 0 Å². The first-order valence-electron chi connectivity index (χ1n) is 7.36. The molecule has 1 aromatic carbocycles. The van der Waals surface area contributed by atoms with Crippen LogP contribution in [0.4, 0.5) is 0 Å². The molecule has 2 aliphatic rings. The van der Waals surface area contributed by atoms with Gasteiger partial charge in [0.15, 0.2) is 11.5 Å². The van der Waals surface area contributed by atoms with Gasteiger partial charge in [-0.25, -0.2) is 0 Å². The van der Waals surface area contributed by atoms with Gasteiger partial charge in [-0.15, -0.1) is 0 Å². The largest absolute Gasteiger partial charge is 0.454 e. The lowest BCUT2D eigenvalue weighted by atomic mass is 10.0. The SMILES string of the molecule is CN1CCCC1c1cncc(-c2ccc3c(c2)OCO3)c1. The van der Waals surface area contributed by atoms with E-state index >= 15 is 0 Å². The maximum Gasteiger partial charge on any atom is 0.231 e. The van der Waals surface area contributed by atoms with E-state index in [9.17, 15) is 0 Å². The van der Waals surface area contributed by atoms with Crippen LogP contribution in [0.3, 0.4) is 0 Å². The molecule has 4 nitrogen and oxygen atoms in total. The van der Waals surface area contributed by atoms with E-state index in [2.05, 4.69) is 29.1 Å². The van der Waals surface area contributed by atoms with Gasteiger partial charge in [0.1, 0.15) is 0 Å². The number of ether oxygens (including phenoxy) is 2. The fourth-order valence-electron chi connectivity index (χ4n) is 3.21. The van der Waals surface area contributed by atoms with E-state index in [0.29, 0.717) is 12.8 Å². The van der Waals surface area contributed by atoms with Crippen LogP contribution in [0.25, 0.3) is 11.1 Å². The Morgan fingerprint density at radius 3 is 2.86 bits per heavy atom. The van der Waals surface area contributed by atoms with Crippen molar-refractivity contribution in [2.75, 3.05) is 20.4 Å². The molecule has 2 aromatic rings. The molecule has 2 aliphatic heterocycles. The summed E-state index contributed by atoms with van der Waals surface area (Å²) >= 11 is 0. The summed E-state index contributed by atoms with van der Waals surface area (Å²) in [7, 11) is 2.19. The number of fused-ring (bicyclic) bond motifs is 1.